The van der Waals surface area contributed by atoms with Gasteiger partial charge >= 0.3 is 0 Å². The van der Waals surface area contributed by atoms with Crippen molar-refractivity contribution in [3.05, 3.63) is 34.9 Å². The monoisotopic (exact) mass is 371 g/mol. The highest BCUT2D eigenvalue weighted by atomic mass is 16.3. The maximum absolute atomic E-state index is 12.7. The Hall–Kier alpha value is -2.25. The molecule has 1 aromatic carbocycles. The summed E-state index contributed by atoms with van der Waals surface area (Å²) in [6.07, 6.45) is 3.41. The number of imide groups is 1. The zero-order chi connectivity index (χ0) is 19.1. The van der Waals surface area contributed by atoms with Crippen LogP contribution in [0.25, 0.3) is 0 Å². The number of hydrogen-bond donors (Lipinski definition) is 3. The second-order valence-corrected chi connectivity index (χ2v) is 7.99. The molecule has 4 atom stereocenters. The summed E-state index contributed by atoms with van der Waals surface area (Å²) in [6, 6.07) is 5.28. The maximum Gasteiger partial charge on any atom is 0.255 e. The van der Waals surface area contributed by atoms with Crippen molar-refractivity contribution in [1.82, 2.24) is 10.2 Å². The minimum Gasteiger partial charge on any atom is -0.393 e. The Bertz CT molecular complexity index is 793. The van der Waals surface area contributed by atoms with Crippen LogP contribution in [0.1, 0.15) is 53.6 Å². The van der Waals surface area contributed by atoms with Crippen LogP contribution in [0.2, 0.25) is 0 Å². The van der Waals surface area contributed by atoms with Crippen molar-refractivity contribution < 1.29 is 19.5 Å². The lowest BCUT2D eigenvalue weighted by molar-refractivity contribution is -0.136. The summed E-state index contributed by atoms with van der Waals surface area (Å²) in [6.45, 7) is 0.383. The maximum atomic E-state index is 12.7. The minimum atomic E-state index is -0.590. The molecule has 4 rings (SSSR count). The molecular weight excluding hydrogens is 346 g/mol. The van der Waals surface area contributed by atoms with E-state index < -0.39 is 11.9 Å². The molecule has 2 heterocycles. The first kappa shape index (κ1) is 18.1. The fourth-order valence-electron chi connectivity index (χ4n) is 4.55. The second kappa shape index (κ2) is 7.05. The molecule has 0 aromatic heterocycles. The van der Waals surface area contributed by atoms with Gasteiger partial charge in [-0.05, 0) is 55.2 Å². The van der Waals surface area contributed by atoms with Crippen LogP contribution in [-0.4, -0.2) is 45.9 Å². The van der Waals surface area contributed by atoms with Crippen LogP contribution in [-0.2, 0) is 22.6 Å². The van der Waals surface area contributed by atoms with Gasteiger partial charge < -0.3 is 15.7 Å². The summed E-state index contributed by atoms with van der Waals surface area (Å²) in [5.41, 5.74) is 8.85. The van der Waals surface area contributed by atoms with Crippen molar-refractivity contribution >= 4 is 17.7 Å². The molecule has 144 valence electrons. The molecule has 1 aliphatic carbocycles. The van der Waals surface area contributed by atoms with E-state index in [-0.39, 0.29) is 36.3 Å². The lowest BCUT2D eigenvalue weighted by Gasteiger charge is -2.31. The van der Waals surface area contributed by atoms with Crippen LogP contribution in [0.5, 0.6) is 0 Å². The van der Waals surface area contributed by atoms with E-state index >= 15 is 0 Å². The van der Waals surface area contributed by atoms with Crippen LogP contribution in [0.4, 0.5) is 0 Å². The van der Waals surface area contributed by atoms with E-state index in [4.69, 9.17) is 5.73 Å². The number of carbonyl (C=O) groups is 3. The van der Waals surface area contributed by atoms with Gasteiger partial charge in [-0.15, -0.1) is 0 Å². The molecule has 0 bridgehead atoms. The predicted molar refractivity (Wildman–Crippen MR) is 97.5 cm³/mol. The number of aliphatic hydroxyl groups is 1. The van der Waals surface area contributed by atoms with E-state index in [1.165, 1.54) is 0 Å². The lowest BCUT2D eigenvalue weighted by atomic mass is 9.79. The van der Waals surface area contributed by atoms with Gasteiger partial charge in [0, 0.05) is 24.6 Å². The normalized spacial score (nSPS) is 31.0. The van der Waals surface area contributed by atoms with Gasteiger partial charge in [-0.25, -0.2) is 0 Å². The number of rotatable bonds is 3. The average Bonchev–Trinajstić information content (AvgIpc) is 2.94. The predicted octanol–water partition coefficient (Wildman–Crippen LogP) is 0.478. The van der Waals surface area contributed by atoms with E-state index in [1.54, 1.807) is 4.90 Å². The van der Waals surface area contributed by atoms with Crippen LogP contribution >= 0.6 is 0 Å². The molecule has 1 saturated heterocycles. The third-order valence-electron chi connectivity index (χ3n) is 6.10. The summed E-state index contributed by atoms with van der Waals surface area (Å²) in [5, 5.41) is 12.2. The molecule has 0 spiro atoms. The molecular formula is C20H25N3O4. The van der Waals surface area contributed by atoms with Crippen molar-refractivity contribution in [2.75, 3.05) is 0 Å². The van der Waals surface area contributed by atoms with E-state index in [1.807, 2.05) is 18.2 Å². The molecule has 0 radical (unpaired) electrons. The Morgan fingerprint density at radius 2 is 2.00 bits per heavy atom. The number of carbonyl (C=O) groups excluding carboxylic acids is 3. The van der Waals surface area contributed by atoms with Gasteiger partial charge in [0.25, 0.3) is 5.91 Å². The molecule has 2 unspecified atom stereocenters. The Kier molecular flexibility index (Phi) is 4.74. The Labute approximate surface area is 157 Å². The molecule has 7 nitrogen and oxygen atoms in total. The number of nitrogens with zero attached hydrogens (tertiary/aromatic N) is 1. The molecule has 4 N–H and O–H groups in total. The number of nitrogens with two attached hydrogens (primary N) is 1. The third kappa shape index (κ3) is 3.49. The van der Waals surface area contributed by atoms with Gasteiger partial charge in [0.05, 0.1) is 6.10 Å². The highest BCUT2D eigenvalue weighted by Gasteiger charge is 2.39. The Morgan fingerprint density at radius 1 is 1.19 bits per heavy atom. The smallest absolute Gasteiger partial charge is 0.255 e. The molecule has 2 fully saturated rings. The molecule has 27 heavy (non-hydrogen) atoms. The summed E-state index contributed by atoms with van der Waals surface area (Å²) >= 11 is 0. The molecule has 2 aliphatic heterocycles. The summed E-state index contributed by atoms with van der Waals surface area (Å²) in [5.74, 6) is -0.602. The first-order valence-electron chi connectivity index (χ1n) is 9.62. The zero-order valence-corrected chi connectivity index (χ0v) is 15.2. The van der Waals surface area contributed by atoms with Crippen molar-refractivity contribution in [2.24, 2.45) is 11.7 Å². The minimum absolute atomic E-state index is 0.0863. The van der Waals surface area contributed by atoms with Gasteiger partial charge in [0.2, 0.25) is 11.8 Å². The van der Waals surface area contributed by atoms with Crippen LogP contribution < -0.4 is 11.1 Å². The summed E-state index contributed by atoms with van der Waals surface area (Å²) in [7, 11) is 0. The van der Waals surface area contributed by atoms with Crippen LogP contribution in [0, 0.1) is 5.92 Å². The average molecular weight is 371 g/mol. The van der Waals surface area contributed by atoms with Crippen molar-refractivity contribution in [1.29, 1.82) is 0 Å². The van der Waals surface area contributed by atoms with Crippen molar-refractivity contribution in [3.8, 4) is 0 Å². The Balaban J connectivity index is 1.49. The number of benzene rings is 1. The Morgan fingerprint density at radius 3 is 2.78 bits per heavy atom. The van der Waals surface area contributed by atoms with Gasteiger partial charge in [-0.3, -0.25) is 19.7 Å². The number of nitrogens with one attached hydrogen (secondary N) is 1. The SMILES string of the molecule is N[C@H]1CCC(O)C[C@@H]1Cc1ccc2c(c1)CN(C1CCC(=O)NC1=O)C2=O. The highest BCUT2D eigenvalue weighted by Crippen LogP contribution is 2.31. The zero-order valence-electron chi connectivity index (χ0n) is 15.2. The van der Waals surface area contributed by atoms with E-state index in [0.29, 0.717) is 24.9 Å². The number of hydrogen-bond acceptors (Lipinski definition) is 5. The molecule has 3 amide bonds. The largest absolute Gasteiger partial charge is 0.393 e. The van der Waals surface area contributed by atoms with Crippen LogP contribution in [0.15, 0.2) is 18.2 Å². The fourth-order valence-corrected chi connectivity index (χ4v) is 4.55. The number of fused-ring (bicyclic) bond motifs is 1. The number of amides is 3. The van der Waals surface area contributed by atoms with E-state index in [2.05, 4.69) is 5.32 Å². The number of piperidine rings is 1. The van der Waals surface area contributed by atoms with Crippen molar-refractivity contribution in [3.63, 3.8) is 0 Å². The van der Waals surface area contributed by atoms with Crippen LogP contribution in [0.3, 0.4) is 0 Å². The van der Waals surface area contributed by atoms with Gasteiger partial charge in [0.1, 0.15) is 6.04 Å². The highest BCUT2D eigenvalue weighted by molar-refractivity contribution is 6.05. The molecule has 7 heteroatoms. The van der Waals surface area contributed by atoms with E-state index in [9.17, 15) is 19.5 Å². The quantitative estimate of drug-likeness (QED) is 0.669. The number of aliphatic hydroxyl groups excluding tert-OH is 1. The molecule has 3 aliphatic rings. The topological polar surface area (TPSA) is 113 Å². The second-order valence-electron chi connectivity index (χ2n) is 7.99. The van der Waals surface area contributed by atoms with Gasteiger partial charge in [0.15, 0.2) is 0 Å². The standard InChI is InChI=1S/C20H25N3O4/c21-16-4-2-14(24)9-12(16)7-11-1-3-15-13(8-11)10-23(20(15)27)17-5-6-18(25)22-19(17)26/h1,3,8,12,14,16-17,24H,2,4-7,9-10,21H2,(H,22,25,26)/t12-,14?,16-,17?/m0/s1. The van der Waals surface area contributed by atoms with Crippen molar-refractivity contribution in [2.45, 2.75) is 63.3 Å². The third-order valence-corrected chi connectivity index (χ3v) is 6.10. The lowest BCUT2D eigenvalue weighted by Crippen LogP contribution is -2.52. The summed E-state index contributed by atoms with van der Waals surface area (Å²) in [4.78, 5) is 37.8. The first-order chi connectivity index (χ1) is 12.9. The summed E-state index contributed by atoms with van der Waals surface area (Å²) < 4.78 is 0. The fraction of sp³-hybridized carbons (Fsp3) is 0.550. The first-order valence-corrected chi connectivity index (χ1v) is 9.62. The van der Waals surface area contributed by atoms with Gasteiger partial charge in [-0.1, -0.05) is 12.1 Å². The molecule has 1 aromatic rings. The van der Waals surface area contributed by atoms with Gasteiger partial charge in [-0.2, -0.15) is 0 Å². The van der Waals surface area contributed by atoms with E-state index in [0.717, 1.165) is 30.4 Å². The molecule has 1 saturated carbocycles.